The topological polar surface area (TPSA) is 12.4 Å². The summed E-state index contributed by atoms with van der Waals surface area (Å²) >= 11 is 5.33. The molecule has 0 amide bonds. The molecule has 0 N–H and O–H groups in total. The fourth-order valence-electron chi connectivity index (χ4n) is 2.46. The van der Waals surface area contributed by atoms with Crippen molar-refractivity contribution in [3.05, 3.63) is 30.3 Å². The van der Waals surface area contributed by atoms with Gasteiger partial charge in [-0.2, -0.15) is 0 Å². The summed E-state index contributed by atoms with van der Waals surface area (Å²) in [5.74, 6) is 0. The maximum absolute atomic E-state index is 4.82. The Bertz CT molecular complexity index is 400. The Balaban J connectivity index is 2.06. The first-order valence-corrected chi connectivity index (χ1v) is 8.94. The van der Waals surface area contributed by atoms with Gasteiger partial charge in [-0.3, -0.25) is 0 Å². The van der Waals surface area contributed by atoms with Crippen LogP contribution in [0.3, 0.4) is 0 Å². The minimum absolute atomic E-state index is 0.419. The van der Waals surface area contributed by atoms with Crippen molar-refractivity contribution < 1.29 is 0 Å². The van der Waals surface area contributed by atoms with Crippen LogP contribution in [0.5, 0.6) is 0 Å². The molecule has 1 aromatic carbocycles. The molecule has 1 aliphatic rings. The molecule has 96 valence electrons. The number of benzene rings is 1. The van der Waals surface area contributed by atoms with Gasteiger partial charge in [0, 0.05) is 0 Å². The summed E-state index contributed by atoms with van der Waals surface area (Å²) < 4.78 is 1.49. The molecule has 2 rings (SSSR count). The Morgan fingerprint density at radius 1 is 1.06 bits per heavy atom. The molecule has 0 aromatic heterocycles. The molecule has 1 fully saturated rings. The molecule has 2 atom stereocenters. The van der Waals surface area contributed by atoms with Crippen LogP contribution in [-0.2, 0) is 0 Å². The quantitative estimate of drug-likeness (QED) is 0.470. The van der Waals surface area contributed by atoms with Gasteiger partial charge in [0.05, 0.1) is 0 Å². The molecule has 1 aliphatic carbocycles. The molecule has 0 heterocycles. The van der Waals surface area contributed by atoms with Crippen molar-refractivity contribution in [3.63, 3.8) is 0 Å². The van der Waals surface area contributed by atoms with Crippen molar-refractivity contribution in [2.24, 2.45) is 4.99 Å². The average Bonchev–Trinajstić information content (AvgIpc) is 2.38. The van der Waals surface area contributed by atoms with Crippen LogP contribution < -0.4 is 4.46 Å². The van der Waals surface area contributed by atoms with Crippen LogP contribution in [-0.4, -0.2) is 26.2 Å². The number of thiocarbonyl (C=S) groups is 1. The van der Waals surface area contributed by atoms with Crippen molar-refractivity contribution in [3.8, 4) is 0 Å². The molecule has 3 heteroatoms. The van der Waals surface area contributed by atoms with Gasteiger partial charge in [-0.15, -0.1) is 0 Å². The van der Waals surface area contributed by atoms with Crippen LogP contribution in [0.4, 0.5) is 0 Å². The maximum atomic E-state index is 4.82. The van der Waals surface area contributed by atoms with E-state index in [0.29, 0.717) is 25.8 Å². The van der Waals surface area contributed by atoms with Gasteiger partial charge in [-0.25, -0.2) is 0 Å². The Labute approximate surface area is 121 Å². The van der Waals surface area contributed by atoms with Gasteiger partial charge in [-0.05, 0) is 0 Å². The first-order chi connectivity index (χ1) is 8.90. The third-order valence-corrected chi connectivity index (χ3v) is 6.45. The summed E-state index contributed by atoms with van der Waals surface area (Å²) in [6.45, 7) is 0. The number of isothiocyanates is 1. The molecule has 0 unspecified atom stereocenters. The third kappa shape index (κ3) is 4.33. The second kappa shape index (κ2) is 7.86. The van der Waals surface area contributed by atoms with E-state index in [1.54, 1.807) is 0 Å². The van der Waals surface area contributed by atoms with Crippen LogP contribution in [0.15, 0.2) is 35.3 Å². The van der Waals surface area contributed by atoms with Gasteiger partial charge in [0.1, 0.15) is 0 Å². The van der Waals surface area contributed by atoms with Gasteiger partial charge in [0.25, 0.3) is 0 Å². The molecule has 0 spiro atoms. The Hall–Kier alpha value is -0.461. The summed E-state index contributed by atoms with van der Waals surface area (Å²) in [5.41, 5.74) is 0. The molecule has 18 heavy (non-hydrogen) atoms. The first kappa shape index (κ1) is 14.0. The Morgan fingerprint density at radius 3 is 2.50 bits per heavy atom. The summed E-state index contributed by atoms with van der Waals surface area (Å²) in [6.07, 6.45) is 7.89. The molecule has 1 nitrogen and oxygen atoms in total. The predicted octanol–water partition coefficient (Wildman–Crippen LogP) is 3.63. The molecule has 0 saturated heterocycles. The zero-order valence-electron chi connectivity index (χ0n) is 10.5. The second-order valence-corrected chi connectivity index (χ2v) is 7.69. The van der Waals surface area contributed by atoms with Crippen molar-refractivity contribution in [2.45, 2.75) is 49.4 Å². The predicted molar refractivity (Wildman–Crippen MR) is 82.1 cm³/mol. The third-order valence-electron chi connectivity index (χ3n) is 3.42. The van der Waals surface area contributed by atoms with Crippen LogP contribution >= 0.6 is 12.2 Å². The van der Waals surface area contributed by atoms with E-state index in [-0.39, 0.29) is 0 Å². The zero-order valence-corrected chi connectivity index (χ0v) is 13.1. The van der Waals surface area contributed by atoms with Crippen molar-refractivity contribution >= 4 is 36.8 Å². The van der Waals surface area contributed by atoms with Gasteiger partial charge in [0.2, 0.25) is 0 Å². The van der Waals surface area contributed by atoms with E-state index in [0.717, 1.165) is 0 Å². The molecular formula is C15H19NSSe. The Morgan fingerprint density at radius 2 is 1.78 bits per heavy atom. The van der Waals surface area contributed by atoms with E-state index in [2.05, 4.69) is 40.5 Å². The second-order valence-electron chi connectivity index (χ2n) is 4.75. The molecule has 1 aromatic rings. The molecule has 0 radical (unpaired) electrons. The molecule has 0 aliphatic heterocycles. The molecule has 1 saturated carbocycles. The van der Waals surface area contributed by atoms with E-state index in [1.807, 2.05) is 0 Å². The van der Waals surface area contributed by atoms with E-state index in [1.165, 1.54) is 43.0 Å². The van der Waals surface area contributed by atoms with Crippen molar-refractivity contribution in [2.75, 3.05) is 0 Å². The number of hydrogen-bond acceptors (Lipinski definition) is 2. The van der Waals surface area contributed by atoms with Crippen LogP contribution in [0.25, 0.3) is 0 Å². The van der Waals surface area contributed by atoms with Crippen LogP contribution in [0, 0.1) is 0 Å². The normalized spacial score (nSPS) is 24.7. The fraction of sp³-hybridized carbons (Fsp3) is 0.533. The van der Waals surface area contributed by atoms with Crippen molar-refractivity contribution in [1.29, 1.82) is 0 Å². The fourth-order valence-corrected chi connectivity index (χ4v) is 5.33. The minimum atomic E-state index is 0.419. The number of rotatable bonds is 3. The number of hydrogen-bond donors (Lipinski definition) is 0. The van der Waals surface area contributed by atoms with Crippen LogP contribution in [0.2, 0.25) is 4.82 Å². The zero-order chi connectivity index (χ0) is 12.6. The van der Waals surface area contributed by atoms with E-state index in [9.17, 15) is 0 Å². The average molecular weight is 324 g/mol. The van der Waals surface area contributed by atoms with Gasteiger partial charge >= 0.3 is 122 Å². The monoisotopic (exact) mass is 325 g/mol. The van der Waals surface area contributed by atoms with Crippen molar-refractivity contribution in [1.82, 2.24) is 0 Å². The van der Waals surface area contributed by atoms with Gasteiger partial charge in [0.15, 0.2) is 0 Å². The summed E-state index contributed by atoms with van der Waals surface area (Å²) in [4.78, 5) is 5.15. The van der Waals surface area contributed by atoms with E-state index >= 15 is 0 Å². The number of nitrogens with zero attached hydrogens (tertiary/aromatic N) is 1. The van der Waals surface area contributed by atoms with E-state index in [4.69, 9.17) is 12.2 Å². The van der Waals surface area contributed by atoms with Gasteiger partial charge < -0.3 is 0 Å². The molecule has 0 bridgehead atoms. The van der Waals surface area contributed by atoms with Gasteiger partial charge in [-0.1, -0.05) is 0 Å². The van der Waals surface area contributed by atoms with Crippen LogP contribution in [0.1, 0.15) is 38.5 Å². The number of aliphatic imine (C=N–C) groups is 1. The standard InChI is InChI=1S/C15H19NSSe/c17-12-16-14-10-6-1-2-7-11-15(14)18-13-8-4-3-5-9-13/h3-5,8-9,14-15H,1-2,6-7,10-11H2/t14-,15-/m1/s1. The Kier molecular flexibility index (Phi) is 6.10. The molecular weight excluding hydrogens is 305 g/mol. The summed E-state index contributed by atoms with van der Waals surface area (Å²) in [6, 6.07) is 11.3. The van der Waals surface area contributed by atoms with E-state index < -0.39 is 0 Å². The SMILES string of the molecule is S=C=N[C@@H]1CCCCCC[C@H]1[Se]c1ccccc1. The summed E-state index contributed by atoms with van der Waals surface area (Å²) in [5, 5.41) is 2.62. The first-order valence-electron chi connectivity index (χ1n) is 6.69. The summed E-state index contributed by atoms with van der Waals surface area (Å²) in [7, 11) is 0.